The van der Waals surface area contributed by atoms with Crippen LogP contribution in [0.25, 0.3) is 0 Å². The maximum absolute atomic E-state index is 13.7. The van der Waals surface area contributed by atoms with Crippen LogP contribution in [0.2, 0.25) is 0 Å². The van der Waals surface area contributed by atoms with E-state index in [0.29, 0.717) is 19.6 Å². The normalized spacial score (nSPS) is 14.2. The van der Waals surface area contributed by atoms with E-state index in [-0.39, 0.29) is 24.3 Å². The number of carbonyl (C=O) groups is 1. The number of nitrogens with zero attached hydrogens (tertiary/aromatic N) is 4. The van der Waals surface area contributed by atoms with Gasteiger partial charge in [-0.3, -0.25) is 4.79 Å². The highest BCUT2D eigenvalue weighted by Gasteiger charge is 2.25. The molecule has 27 heavy (non-hydrogen) atoms. The second-order valence-corrected chi connectivity index (χ2v) is 6.26. The van der Waals surface area contributed by atoms with Crippen LogP contribution in [0.1, 0.15) is 44.4 Å². The maximum atomic E-state index is 13.7. The Morgan fingerprint density at radius 3 is 2.70 bits per heavy atom. The highest BCUT2D eigenvalue weighted by molar-refractivity contribution is 5.76. The van der Waals surface area contributed by atoms with Crippen molar-refractivity contribution in [3.8, 4) is 0 Å². The first-order chi connectivity index (χ1) is 13.0. The van der Waals surface area contributed by atoms with E-state index in [1.54, 1.807) is 4.90 Å². The van der Waals surface area contributed by atoms with Gasteiger partial charge in [0.15, 0.2) is 5.82 Å². The van der Waals surface area contributed by atoms with Crippen molar-refractivity contribution in [1.82, 2.24) is 19.7 Å². The Balaban J connectivity index is 0.00000126. The summed E-state index contributed by atoms with van der Waals surface area (Å²) in [5, 5.41) is 8.24. The van der Waals surface area contributed by atoms with E-state index in [1.165, 1.54) is 0 Å². The number of nitrogens with two attached hydrogens (primary N) is 1. The number of fused-ring (bicyclic) bond motifs is 1. The van der Waals surface area contributed by atoms with Crippen LogP contribution in [0.5, 0.6) is 0 Å². The highest BCUT2D eigenvalue weighted by atomic mass is 19.1. The van der Waals surface area contributed by atoms with Gasteiger partial charge in [0.2, 0.25) is 5.91 Å². The van der Waals surface area contributed by atoms with Gasteiger partial charge in [0.1, 0.15) is 17.5 Å². The molecule has 1 aliphatic rings. The molecule has 0 bridgehead atoms. The van der Waals surface area contributed by atoms with Crippen LogP contribution in [0.15, 0.2) is 18.2 Å². The molecule has 0 fully saturated rings. The van der Waals surface area contributed by atoms with Gasteiger partial charge in [-0.1, -0.05) is 20.8 Å². The molecule has 2 N–H and O–H groups in total. The Morgan fingerprint density at radius 2 is 2.00 bits per heavy atom. The molecule has 6 nitrogen and oxygen atoms in total. The molecule has 1 aromatic carbocycles. The Bertz CT molecular complexity index is 777. The summed E-state index contributed by atoms with van der Waals surface area (Å²) in [5.74, 6) is 0.540. The van der Waals surface area contributed by atoms with E-state index >= 15 is 0 Å². The topological polar surface area (TPSA) is 77.0 Å². The third kappa shape index (κ3) is 5.09. The number of rotatable bonds is 5. The van der Waals surface area contributed by atoms with Crippen LogP contribution in [0.4, 0.5) is 8.78 Å². The van der Waals surface area contributed by atoms with E-state index in [4.69, 9.17) is 5.73 Å². The minimum atomic E-state index is -0.574. The van der Waals surface area contributed by atoms with Crippen molar-refractivity contribution in [3.05, 3.63) is 47.0 Å². The molecule has 0 saturated heterocycles. The van der Waals surface area contributed by atoms with Crippen molar-refractivity contribution in [2.75, 3.05) is 6.54 Å². The standard InChI is InChI=1S/C17H21F2N5O.C2H6/c1-2-15-21-22-16-10-23(5-6-24(15)16)17(25)9-13(20)8-11-7-12(18)3-4-14(11)19;1-2/h3-4,7,13H,2,5-6,8-10,20H2,1H3;1-2H3. The average Bonchev–Trinajstić information content (AvgIpc) is 3.08. The van der Waals surface area contributed by atoms with Gasteiger partial charge in [-0.2, -0.15) is 0 Å². The third-order valence-corrected chi connectivity index (χ3v) is 4.43. The van der Waals surface area contributed by atoms with Crippen LogP contribution >= 0.6 is 0 Å². The minimum Gasteiger partial charge on any atom is -0.333 e. The lowest BCUT2D eigenvalue weighted by atomic mass is 10.0. The van der Waals surface area contributed by atoms with Crippen LogP contribution in [0, 0.1) is 11.6 Å². The molecule has 0 saturated carbocycles. The van der Waals surface area contributed by atoms with E-state index in [1.807, 2.05) is 25.3 Å². The summed E-state index contributed by atoms with van der Waals surface area (Å²) >= 11 is 0. The number of halogens is 2. The zero-order valence-corrected chi connectivity index (χ0v) is 16.1. The molecular formula is C19H27F2N5O. The highest BCUT2D eigenvalue weighted by Crippen LogP contribution is 2.16. The van der Waals surface area contributed by atoms with E-state index in [0.717, 1.165) is 36.3 Å². The Morgan fingerprint density at radius 1 is 1.26 bits per heavy atom. The molecule has 1 aromatic heterocycles. The zero-order valence-electron chi connectivity index (χ0n) is 16.1. The van der Waals surface area contributed by atoms with Gasteiger partial charge in [0.05, 0.1) is 6.54 Å². The first-order valence-corrected chi connectivity index (χ1v) is 9.36. The maximum Gasteiger partial charge on any atom is 0.224 e. The lowest BCUT2D eigenvalue weighted by molar-refractivity contribution is -0.133. The van der Waals surface area contributed by atoms with Crippen molar-refractivity contribution in [1.29, 1.82) is 0 Å². The average molecular weight is 379 g/mol. The minimum absolute atomic E-state index is 0.0741. The van der Waals surface area contributed by atoms with Gasteiger partial charge in [0.25, 0.3) is 0 Å². The Labute approximate surface area is 158 Å². The molecule has 1 amide bonds. The van der Waals surface area contributed by atoms with Gasteiger partial charge >= 0.3 is 0 Å². The fraction of sp³-hybridized carbons (Fsp3) is 0.526. The van der Waals surface area contributed by atoms with Gasteiger partial charge in [-0.05, 0) is 30.2 Å². The lowest BCUT2D eigenvalue weighted by Gasteiger charge is -2.28. The van der Waals surface area contributed by atoms with E-state index in [9.17, 15) is 13.6 Å². The van der Waals surface area contributed by atoms with Crippen molar-refractivity contribution in [3.63, 3.8) is 0 Å². The zero-order chi connectivity index (χ0) is 20.0. The summed E-state index contributed by atoms with van der Waals surface area (Å²) in [4.78, 5) is 14.1. The quantitative estimate of drug-likeness (QED) is 0.866. The summed E-state index contributed by atoms with van der Waals surface area (Å²) < 4.78 is 28.9. The van der Waals surface area contributed by atoms with Crippen LogP contribution in [-0.4, -0.2) is 38.2 Å². The van der Waals surface area contributed by atoms with Gasteiger partial charge in [-0.15, -0.1) is 10.2 Å². The summed E-state index contributed by atoms with van der Waals surface area (Å²) in [5.41, 5.74) is 6.17. The molecule has 8 heteroatoms. The SMILES string of the molecule is CC.CCc1nnc2n1CCN(C(=O)CC(N)Cc1cc(F)ccc1F)C2. The summed E-state index contributed by atoms with van der Waals surface area (Å²) in [6.45, 7) is 7.63. The van der Waals surface area contributed by atoms with Crippen LogP contribution in [0.3, 0.4) is 0 Å². The molecule has 1 atom stereocenters. The molecule has 148 valence electrons. The molecule has 2 heterocycles. The summed E-state index contributed by atoms with van der Waals surface area (Å²) in [6, 6.07) is 2.68. The fourth-order valence-electron chi connectivity index (χ4n) is 3.10. The molecule has 1 unspecified atom stereocenters. The van der Waals surface area contributed by atoms with Gasteiger partial charge in [-0.25, -0.2) is 8.78 Å². The molecule has 3 rings (SSSR count). The second kappa shape index (κ2) is 9.55. The summed E-state index contributed by atoms with van der Waals surface area (Å²) in [7, 11) is 0. The molecule has 1 aliphatic heterocycles. The largest absolute Gasteiger partial charge is 0.333 e. The van der Waals surface area contributed by atoms with Crippen molar-refractivity contribution in [2.45, 2.75) is 59.2 Å². The number of amides is 1. The Kier molecular flexibility index (Phi) is 7.41. The third-order valence-electron chi connectivity index (χ3n) is 4.43. The fourth-order valence-corrected chi connectivity index (χ4v) is 3.10. The predicted octanol–water partition coefficient (Wildman–Crippen LogP) is 2.45. The first-order valence-electron chi connectivity index (χ1n) is 9.36. The smallest absolute Gasteiger partial charge is 0.224 e. The van der Waals surface area contributed by atoms with Crippen molar-refractivity contribution >= 4 is 5.91 Å². The lowest BCUT2D eigenvalue weighted by Crippen LogP contribution is -2.41. The second-order valence-electron chi connectivity index (χ2n) is 6.26. The number of carbonyl (C=O) groups excluding carboxylic acids is 1. The van der Waals surface area contributed by atoms with Gasteiger partial charge < -0.3 is 15.2 Å². The molecular weight excluding hydrogens is 352 g/mol. The van der Waals surface area contributed by atoms with E-state index < -0.39 is 17.7 Å². The molecule has 0 spiro atoms. The number of aromatic nitrogens is 3. The predicted molar refractivity (Wildman–Crippen MR) is 98.8 cm³/mol. The molecule has 2 aromatic rings. The number of hydrogen-bond acceptors (Lipinski definition) is 4. The summed E-state index contributed by atoms with van der Waals surface area (Å²) in [6.07, 6.45) is 0.981. The van der Waals surface area contributed by atoms with Crippen LogP contribution in [-0.2, 0) is 30.7 Å². The Hall–Kier alpha value is -2.35. The number of benzene rings is 1. The van der Waals surface area contributed by atoms with Crippen molar-refractivity contribution < 1.29 is 13.6 Å². The number of aryl methyl sites for hydroxylation is 1. The molecule has 0 radical (unpaired) electrons. The molecule has 0 aliphatic carbocycles. The van der Waals surface area contributed by atoms with E-state index in [2.05, 4.69) is 10.2 Å². The first kappa shape index (κ1) is 21.0. The monoisotopic (exact) mass is 379 g/mol. The van der Waals surface area contributed by atoms with Crippen LogP contribution < -0.4 is 5.73 Å². The number of hydrogen-bond donors (Lipinski definition) is 1. The van der Waals surface area contributed by atoms with Gasteiger partial charge in [0, 0.05) is 32.0 Å². The van der Waals surface area contributed by atoms with Crippen molar-refractivity contribution in [2.24, 2.45) is 5.73 Å².